The number of hydrogen-bond acceptors (Lipinski definition) is 2. The Balaban J connectivity index is 0.000000686. The normalized spacial score (nSPS) is 17.2. The van der Waals surface area contributed by atoms with Crippen molar-refractivity contribution in [2.45, 2.75) is 106 Å². The Bertz CT molecular complexity index is 1060. The first-order chi connectivity index (χ1) is 19.4. The number of nitrogens with zero attached hydrogens (tertiary/aromatic N) is 2. The van der Waals surface area contributed by atoms with Crippen LogP contribution in [0.2, 0.25) is 0 Å². The molecule has 0 saturated carbocycles. The number of rotatable bonds is 10. The Kier molecular flexibility index (Phi) is 18.3. The van der Waals surface area contributed by atoms with E-state index >= 15 is 0 Å². The summed E-state index contributed by atoms with van der Waals surface area (Å²) >= 11 is 0. The van der Waals surface area contributed by atoms with Crippen molar-refractivity contribution in [1.82, 2.24) is 4.90 Å². The van der Waals surface area contributed by atoms with Gasteiger partial charge in [-0.1, -0.05) is 101 Å². The van der Waals surface area contributed by atoms with Crippen LogP contribution in [-0.4, -0.2) is 24.2 Å². The Morgan fingerprint density at radius 1 is 0.950 bits per heavy atom. The molecule has 3 heteroatoms. The number of halogens is 1. The third-order valence-electron chi connectivity index (χ3n) is 7.08. The van der Waals surface area contributed by atoms with E-state index in [2.05, 4.69) is 82.9 Å². The van der Waals surface area contributed by atoms with Gasteiger partial charge in [-0.25, -0.2) is 9.38 Å². The van der Waals surface area contributed by atoms with E-state index in [0.717, 1.165) is 50.2 Å². The fraction of sp³-hybridized carbons (Fsp3) is 0.486. The molecule has 40 heavy (non-hydrogen) atoms. The molecule has 0 fully saturated rings. The first-order valence-corrected chi connectivity index (χ1v) is 15.5. The molecule has 1 aromatic carbocycles. The summed E-state index contributed by atoms with van der Waals surface area (Å²) in [7, 11) is 0. The van der Waals surface area contributed by atoms with Gasteiger partial charge in [0.1, 0.15) is 11.6 Å². The predicted molar refractivity (Wildman–Crippen MR) is 178 cm³/mol. The van der Waals surface area contributed by atoms with Gasteiger partial charge in [0.25, 0.3) is 0 Å². The lowest BCUT2D eigenvalue weighted by Gasteiger charge is -2.30. The molecule has 220 valence electrons. The maximum absolute atomic E-state index is 14.8. The van der Waals surface area contributed by atoms with Crippen molar-refractivity contribution in [1.29, 1.82) is 0 Å². The van der Waals surface area contributed by atoms with Crippen LogP contribution >= 0.6 is 0 Å². The first-order valence-electron chi connectivity index (χ1n) is 15.5. The van der Waals surface area contributed by atoms with Crippen LogP contribution in [0.4, 0.5) is 4.39 Å². The van der Waals surface area contributed by atoms with Crippen LogP contribution in [-0.2, 0) is 0 Å². The van der Waals surface area contributed by atoms with E-state index in [0.29, 0.717) is 6.42 Å². The zero-order valence-corrected chi connectivity index (χ0v) is 26.6. The standard InChI is InChI=1S/C27H35FN2.C6H10.C4H10/c1-5-16-30(17-6-2)27(7-3)29-19-21-18-25(24-14-10-11-15-26(24)28)23-13-9-8-12-22(23)20(21)4;1-3-5-6-4-2;1-3-4-2/h7-10,12-14,19,25H,5-6,11,15-18H2,1-4H3;3-6H,1-2H3;3-4H2,1-2H3/b27-7-,29-19-;5-3-,6-4-;. The highest BCUT2D eigenvalue weighted by atomic mass is 19.1. The van der Waals surface area contributed by atoms with Crippen LogP contribution in [0.25, 0.3) is 5.57 Å². The van der Waals surface area contributed by atoms with Crippen molar-refractivity contribution in [3.63, 3.8) is 0 Å². The molecule has 0 spiro atoms. The van der Waals surface area contributed by atoms with Gasteiger partial charge < -0.3 is 4.90 Å². The van der Waals surface area contributed by atoms with Crippen LogP contribution in [0, 0.1) is 0 Å². The van der Waals surface area contributed by atoms with Gasteiger partial charge in [-0.05, 0) is 87.3 Å². The van der Waals surface area contributed by atoms with E-state index in [9.17, 15) is 4.39 Å². The molecule has 0 heterocycles. The van der Waals surface area contributed by atoms with Crippen LogP contribution < -0.4 is 0 Å². The molecule has 2 aliphatic carbocycles. The van der Waals surface area contributed by atoms with Crippen molar-refractivity contribution in [2.24, 2.45) is 4.99 Å². The van der Waals surface area contributed by atoms with E-state index in [4.69, 9.17) is 4.99 Å². The Morgan fingerprint density at radius 2 is 1.57 bits per heavy atom. The number of benzene rings is 1. The molecule has 0 amide bonds. The van der Waals surface area contributed by atoms with Gasteiger partial charge in [0.15, 0.2) is 0 Å². The summed E-state index contributed by atoms with van der Waals surface area (Å²) in [6.07, 6.45) is 23.2. The smallest absolute Gasteiger partial charge is 0.124 e. The maximum Gasteiger partial charge on any atom is 0.124 e. The first kappa shape index (κ1) is 35.1. The molecule has 2 nitrogen and oxygen atoms in total. The highest BCUT2D eigenvalue weighted by Crippen LogP contribution is 2.44. The molecule has 1 unspecified atom stereocenters. The molecule has 0 saturated heterocycles. The lowest BCUT2D eigenvalue weighted by molar-refractivity contribution is 0.341. The van der Waals surface area contributed by atoms with Crippen molar-refractivity contribution >= 4 is 11.8 Å². The predicted octanol–water partition coefficient (Wildman–Crippen LogP) is 11.5. The molecular formula is C37H55FN2. The van der Waals surface area contributed by atoms with Gasteiger partial charge >= 0.3 is 0 Å². The molecule has 0 aromatic heterocycles. The van der Waals surface area contributed by atoms with Crippen LogP contribution in [0.15, 0.2) is 94.6 Å². The molecule has 1 aromatic rings. The SMILES string of the molecule is C/C=C(/N=C\C1=C(C)c2ccccc2C(C2=C(F)CCC=C2)C1)N(CCC)CCC.C/C=C\C=C/C.CCCC. The minimum absolute atomic E-state index is 0.0411. The summed E-state index contributed by atoms with van der Waals surface area (Å²) in [5.41, 5.74) is 5.74. The molecular weight excluding hydrogens is 491 g/mol. The van der Waals surface area contributed by atoms with Crippen LogP contribution in [0.3, 0.4) is 0 Å². The monoisotopic (exact) mass is 546 g/mol. The molecule has 2 aliphatic rings. The Hall–Kier alpha value is -2.94. The topological polar surface area (TPSA) is 15.6 Å². The van der Waals surface area contributed by atoms with Crippen LogP contribution in [0.1, 0.15) is 117 Å². The van der Waals surface area contributed by atoms with Gasteiger partial charge in [0.2, 0.25) is 0 Å². The second-order valence-electron chi connectivity index (χ2n) is 10.2. The minimum Gasteiger partial charge on any atom is -0.357 e. The summed E-state index contributed by atoms with van der Waals surface area (Å²) in [5, 5.41) is 0. The van der Waals surface area contributed by atoms with E-state index in [-0.39, 0.29) is 11.7 Å². The second-order valence-corrected chi connectivity index (χ2v) is 10.2. The Labute approximate surface area is 245 Å². The summed E-state index contributed by atoms with van der Waals surface area (Å²) in [4.78, 5) is 7.26. The zero-order valence-electron chi connectivity index (χ0n) is 26.6. The molecule has 0 radical (unpaired) electrons. The van der Waals surface area contributed by atoms with Crippen LogP contribution in [0.5, 0.6) is 0 Å². The van der Waals surface area contributed by atoms with Gasteiger partial charge in [-0.2, -0.15) is 0 Å². The lowest BCUT2D eigenvalue weighted by atomic mass is 9.75. The van der Waals surface area contributed by atoms with Gasteiger partial charge in [-0.15, -0.1) is 0 Å². The molecule has 0 N–H and O–H groups in total. The summed E-state index contributed by atoms with van der Waals surface area (Å²) in [6, 6.07) is 8.45. The number of hydrogen-bond donors (Lipinski definition) is 0. The number of unbranched alkanes of at least 4 members (excludes halogenated alkanes) is 1. The second kappa shape index (κ2) is 20.9. The quantitative estimate of drug-likeness (QED) is 0.210. The zero-order chi connectivity index (χ0) is 29.8. The van der Waals surface area contributed by atoms with Crippen molar-refractivity contribution in [3.8, 4) is 0 Å². The van der Waals surface area contributed by atoms with E-state index in [1.54, 1.807) is 0 Å². The number of fused-ring (bicyclic) bond motifs is 1. The Morgan fingerprint density at radius 3 is 2.10 bits per heavy atom. The average molecular weight is 547 g/mol. The third kappa shape index (κ3) is 11.3. The van der Waals surface area contributed by atoms with Gasteiger partial charge in [-0.3, -0.25) is 0 Å². The fourth-order valence-electron chi connectivity index (χ4n) is 4.77. The fourth-order valence-corrected chi connectivity index (χ4v) is 4.77. The van der Waals surface area contributed by atoms with Crippen molar-refractivity contribution in [2.75, 3.05) is 13.1 Å². The number of aliphatic imine (C=N–C) groups is 1. The average Bonchev–Trinajstić information content (AvgIpc) is 2.98. The highest BCUT2D eigenvalue weighted by Gasteiger charge is 2.28. The summed E-state index contributed by atoms with van der Waals surface area (Å²) < 4.78 is 14.8. The van der Waals surface area contributed by atoms with Crippen molar-refractivity contribution < 1.29 is 4.39 Å². The molecule has 0 aliphatic heterocycles. The summed E-state index contributed by atoms with van der Waals surface area (Å²) in [6.45, 7) is 19.0. The maximum atomic E-state index is 14.8. The number of allylic oxidation sites excluding steroid dienone is 11. The third-order valence-corrected chi connectivity index (χ3v) is 7.08. The van der Waals surface area contributed by atoms with E-state index in [1.807, 2.05) is 50.4 Å². The van der Waals surface area contributed by atoms with E-state index in [1.165, 1.54) is 35.1 Å². The highest BCUT2D eigenvalue weighted by molar-refractivity contribution is 5.93. The van der Waals surface area contributed by atoms with E-state index < -0.39 is 0 Å². The molecule has 1 atom stereocenters. The largest absolute Gasteiger partial charge is 0.357 e. The van der Waals surface area contributed by atoms with Gasteiger partial charge in [0.05, 0.1) is 0 Å². The molecule has 0 bridgehead atoms. The van der Waals surface area contributed by atoms with Gasteiger partial charge in [0, 0.05) is 31.6 Å². The molecule has 3 rings (SSSR count). The minimum atomic E-state index is 0.0411. The van der Waals surface area contributed by atoms with Crippen molar-refractivity contribution in [3.05, 3.63) is 101 Å². The lowest BCUT2D eigenvalue weighted by Crippen LogP contribution is -2.24. The summed E-state index contributed by atoms with van der Waals surface area (Å²) in [5.74, 6) is 1.12.